The largest absolute Gasteiger partial charge is 0.476 e. The third kappa shape index (κ3) is 2.68. The van der Waals surface area contributed by atoms with E-state index in [9.17, 15) is 4.79 Å². The van der Waals surface area contributed by atoms with E-state index in [2.05, 4.69) is 17.2 Å². The fourth-order valence-corrected chi connectivity index (χ4v) is 2.49. The van der Waals surface area contributed by atoms with E-state index in [1.54, 1.807) is 5.51 Å². The maximum atomic E-state index is 11.0. The standard InChI is InChI=1S/C13H14N2O2S/c1-2-10(9-6-4-3-5-7-9)15-12-11(13(16)17)14-8-18-12/h3-8,10,15H,2H2,1H3,(H,16,17). The highest BCUT2D eigenvalue weighted by molar-refractivity contribution is 7.14. The van der Waals surface area contributed by atoms with Crippen molar-refractivity contribution in [1.82, 2.24) is 4.98 Å². The molecular weight excluding hydrogens is 248 g/mol. The van der Waals surface area contributed by atoms with Crippen molar-refractivity contribution in [3.8, 4) is 0 Å². The number of aromatic carboxylic acids is 1. The second-order valence-electron chi connectivity index (χ2n) is 3.85. The molecule has 0 saturated heterocycles. The molecule has 5 heteroatoms. The second-order valence-corrected chi connectivity index (χ2v) is 4.71. The van der Waals surface area contributed by atoms with E-state index in [0.717, 1.165) is 12.0 Å². The van der Waals surface area contributed by atoms with Gasteiger partial charge in [-0.1, -0.05) is 37.3 Å². The maximum Gasteiger partial charge on any atom is 0.357 e. The lowest BCUT2D eigenvalue weighted by Crippen LogP contribution is -2.11. The number of carbonyl (C=O) groups is 1. The van der Waals surface area contributed by atoms with Gasteiger partial charge in [-0.3, -0.25) is 0 Å². The molecule has 0 bridgehead atoms. The van der Waals surface area contributed by atoms with Crippen LogP contribution >= 0.6 is 11.3 Å². The average Bonchev–Trinajstić information content (AvgIpc) is 2.85. The summed E-state index contributed by atoms with van der Waals surface area (Å²) in [6, 6.07) is 10.1. The van der Waals surface area contributed by atoms with Gasteiger partial charge in [0, 0.05) is 0 Å². The van der Waals surface area contributed by atoms with E-state index >= 15 is 0 Å². The molecule has 0 amide bonds. The summed E-state index contributed by atoms with van der Waals surface area (Å²) in [6.45, 7) is 2.06. The summed E-state index contributed by atoms with van der Waals surface area (Å²) in [6.07, 6.45) is 0.876. The quantitative estimate of drug-likeness (QED) is 0.866. The number of hydrogen-bond donors (Lipinski definition) is 2. The fourth-order valence-electron chi connectivity index (χ4n) is 1.77. The minimum absolute atomic E-state index is 0.0920. The van der Waals surface area contributed by atoms with Crippen molar-refractivity contribution in [2.45, 2.75) is 19.4 Å². The Balaban J connectivity index is 2.21. The molecule has 1 atom stereocenters. The third-order valence-electron chi connectivity index (χ3n) is 2.69. The molecule has 0 aliphatic rings. The van der Waals surface area contributed by atoms with Crippen molar-refractivity contribution < 1.29 is 9.90 Å². The molecule has 2 rings (SSSR count). The predicted octanol–water partition coefficient (Wildman–Crippen LogP) is 3.40. The number of nitrogens with one attached hydrogen (secondary N) is 1. The minimum atomic E-state index is -0.998. The Morgan fingerprint density at radius 1 is 1.44 bits per heavy atom. The van der Waals surface area contributed by atoms with Gasteiger partial charge in [-0.15, -0.1) is 11.3 Å². The summed E-state index contributed by atoms with van der Waals surface area (Å²) in [4.78, 5) is 14.8. The fraction of sp³-hybridized carbons (Fsp3) is 0.231. The van der Waals surface area contributed by atoms with E-state index in [4.69, 9.17) is 5.11 Å². The Labute approximate surface area is 109 Å². The van der Waals surface area contributed by atoms with Crippen molar-refractivity contribution in [3.05, 3.63) is 47.1 Å². The van der Waals surface area contributed by atoms with Gasteiger partial charge in [-0.05, 0) is 12.0 Å². The first kappa shape index (κ1) is 12.6. The Hall–Kier alpha value is -1.88. The van der Waals surface area contributed by atoms with Gasteiger partial charge in [0.25, 0.3) is 0 Å². The van der Waals surface area contributed by atoms with E-state index in [1.807, 2.05) is 30.3 Å². The zero-order valence-electron chi connectivity index (χ0n) is 9.96. The van der Waals surface area contributed by atoms with Gasteiger partial charge >= 0.3 is 5.97 Å². The van der Waals surface area contributed by atoms with E-state index in [-0.39, 0.29) is 11.7 Å². The summed E-state index contributed by atoms with van der Waals surface area (Å²) in [7, 11) is 0. The lowest BCUT2D eigenvalue weighted by Gasteiger charge is -2.17. The third-order valence-corrected chi connectivity index (χ3v) is 3.44. The van der Waals surface area contributed by atoms with Crippen LogP contribution in [-0.2, 0) is 0 Å². The maximum absolute atomic E-state index is 11.0. The number of thiazole rings is 1. The molecule has 1 heterocycles. The molecule has 0 radical (unpaired) electrons. The number of carboxylic acids is 1. The van der Waals surface area contributed by atoms with E-state index in [1.165, 1.54) is 11.3 Å². The molecule has 1 aromatic heterocycles. The number of nitrogens with zero attached hydrogens (tertiary/aromatic N) is 1. The minimum Gasteiger partial charge on any atom is -0.476 e. The number of rotatable bonds is 5. The van der Waals surface area contributed by atoms with Crippen LogP contribution in [0.1, 0.15) is 35.4 Å². The summed E-state index contributed by atoms with van der Waals surface area (Å²) in [5.74, 6) is -0.998. The average molecular weight is 262 g/mol. The number of aromatic nitrogens is 1. The van der Waals surface area contributed by atoms with E-state index in [0.29, 0.717) is 5.00 Å². The zero-order chi connectivity index (χ0) is 13.0. The zero-order valence-corrected chi connectivity index (χ0v) is 10.8. The molecule has 1 unspecified atom stereocenters. The summed E-state index contributed by atoms with van der Waals surface area (Å²) < 4.78 is 0. The van der Waals surface area contributed by atoms with Gasteiger partial charge in [0.1, 0.15) is 5.00 Å². The second kappa shape index (κ2) is 5.64. The first-order chi connectivity index (χ1) is 8.72. The van der Waals surface area contributed by atoms with Gasteiger partial charge < -0.3 is 10.4 Å². The lowest BCUT2D eigenvalue weighted by molar-refractivity contribution is 0.0692. The van der Waals surface area contributed by atoms with Gasteiger partial charge in [0.15, 0.2) is 5.69 Å². The highest BCUT2D eigenvalue weighted by Gasteiger charge is 2.17. The van der Waals surface area contributed by atoms with Crippen LogP contribution in [0.3, 0.4) is 0 Å². The highest BCUT2D eigenvalue weighted by Crippen LogP contribution is 2.27. The SMILES string of the molecule is CCC(Nc1scnc1C(=O)O)c1ccccc1. The van der Waals surface area contributed by atoms with Crippen LogP contribution in [0, 0.1) is 0 Å². The molecule has 0 saturated carbocycles. The molecule has 2 aromatic rings. The number of anilines is 1. The van der Waals surface area contributed by atoms with Gasteiger partial charge in [0.2, 0.25) is 0 Å². The van der Waals surface area contributed by atoms with Crippen LogP contribution in [-0.4, -0.2) is 16.1 Å². The van der Waals surface area contributed by atoms with Crippen LogP contribution in [0.15, 0.2) is 35.8 Å². The van der Waals surface area contributed by atoms with Crippen LogP contribution in [0.4, 0.5) is 5.00 Å². The van der Waals surface area contributed by atoms with Crippen molar-refractivity contribution in [2.24, 2.45) is 0 Å². The summed E-state index contributed by atoms with van der Waals surface area (Å²) in [5, 5.41) is 12.9. The molecule has 18 heavy (non-hydrogen) atoms. The first-order valence-corrected chi connectivity index (χ1v) is 6.58. The summed E-state index contributed by atoms with van der Waals surface area (Å²) in [5.41, 5.74) is 2.78. The van der Waals surface area contributed by atoms with Crippen molar-refractivity contribution in [1.29, 1.82) is 0 Å². The first-order valence-electron chi connectivity index (χ1n) is 5.70. The van der Waals surface area contributed by atoms with Crippen LogP contribution < -0.4 is 5.32 Å². The van der Waals surface area contributed by atoms with Gasteiger partial charge in [-0.25, -0.2) is 9.78 Å². The lowest BCUT2D eigenvalue weighted by atomic mass is 10.1. The smallest absolute Gasteiger partial charge is 0.357 e. The highest BCUT2D eigenvalue weighted by atomic mass is 32.1. The van der Waals surface area contributed by atoms with Crippen molar-refractivity contribution in [3.63, 3.8) is 0 Å². The molecule has 0 spiro atoms. The Morgan fingerprint density at radius 3 is 2.78 bits per heavy atom. The molecule has 94 valence electrons. The molecule has 0 aliphatic carbocycles. The van der Waals surface area contributed by atoms with Crippen LogP contribution in [0.2, 0.25) is 0 Å². The van der Waals surface area contributed by atoms with E-state index < -0.39 is 5.97 Å². The molecule has 2 N–H and O–H groups in total. The molecular formula is C13H14N2O2S. The molecule has 4 nitrogen and oxygen atoms in total. The van der Waals surface area contributed by atoms with Crippen molar-refractivity contribution >= 4 is 22.3 Å². The number of hydrogen-bond acceptors (Lipinski definition) is 4. The molecule has 0 fully saturated rings. The molecule has 1 aromatic carbocycles. The van der Waals surface area contributed by atoms with Gasteiger partial charge in [0.05, 0.1) is 11.6 Å². The number of benzene rings is 1. The normalized spacial score (nSPS) is 12.1. The van der Waals surface area contributed by atoms with Crippen LogP contribution in [0.5, 0.6) is 0 Å². The van der Waals surface area contributed by atoms with Crippen LogP contribution in [0.25, 0.3) is 0 Å². The number of carboxylic acid groups (broad SMARTS) is 1. The Bertz CT molecular complexity index is 525. The summed E-state index contributed by atoms with van der Waals surface area (Å²) >= 11 is 1.31. The van der Waals surface area contributed by atoms with Gasteiger partial charge in [-0.2, -0.15) is 0 Å². The topological polar surface area (TPSA) is 62.2 Å². The van der Waals surface area contributed by atoms with Crippen molar-refractivity contribution in [2.75, 3.05) is 5.32 Å². The predicted molar refractivity (Wildman–Crippen MR) is 72.2 cm³/mol. The Morgan fingerprint density at radius 2 is 2.17 bits per heavy atom. The Kier molecular flexibility index (Phi) is 3.94. The monoisotopic (exact) mass is 262 g/mol. The molecule has 0 aliphatic heterocycles.